The molecular weight excluding hydrogens is 1060 g/mol. The van der Waals surface area contributed by atoms with Gasteiger partial charge in [0.25, 0.3) is 23.6 Å². The maximum atomic E-state index is 13.9. The fraction of sp³-hybridized carbons (Fsp3) is 0.346. The molecule has 1 aliphatic heterocycles. The Morgan fingerprint density at radius 2 is 1.23 bits per heavy atom. The van der Waals surface area contributed by atoms with Crippen molar-refractivity contribution in [3.05, 3.63) is 94.4 Å². The van der Waals surface area contributed by atoms with Crippen molar-refractivity contribution < 1.29 is 76.1 Å². The number of aromatic nitrogens is 6. The summed E-state index contributed by atoms with van der Waals surface area (Å²) < 4.78 is 31.7. The highest BCUT2D eigenvalue weighted by Gasteiger charge is 2.31. The number of allylic oxidation sites excluding steroid dienone is 2. The SMILES string of the molecule is CCc1nc(C)oc1C(=O)Nc1nc2cc(C(N)=O)cc(OC)c2n1C/C=C/Cn1c(NC(=O)c2oc(C)nc2CC)nc2cc(C(N)=O)cc(OCCCOC(=O)[C@H](C)NC(=O)[C@H](CCC(=O)O)NC(=O)CN3C(=O)C=CC3=O)c21. The van der Waals surface area contributed by atoms with Crippen LogP contribution in [0.25, 0.3) is 22.1 Å². The first kappa shape index (κ1) is 58.5. The molecule has 0 fully saturated rings. The van der Waals surface area contributed by atoms with E-state index in [2.05, 4.69) is 41.2 Å². The van der Waals surface area contributed by atoms with Crippen LogP contribution < -0.4 is 42.2 Å². The number of imide groups is 1. The number of aliphatic carboxylic acids is 1. The zero-order valence-corrected chi connectivity index (χ0v) is 44.7. The molecule has 7 rings (SSSR count). The van der Waals surface area contributed by atoms with Crippen LogP contribution in [0.2, 0.25) is 0 Å². The predicted octanol–water partition coefficient (Wildman–Crippen LogP) is 2.16. The smallest absolute Gasteiger partial charge is 0.328 e. The van der Waals surface area contributed by atoms with Crippen molar-refractivity contribution >= 4 is 93.2 Å². The average Bonchev–Trinajstić information content (AvgIpc) is 4.36. The van der Waals surface area contributed by atoms with Crippen molar-refractivity contribution in [2.45, 2.75) is 91.9 Å². The summed E-state index contributed by atoms with van der Waals surface area (Å²) in [5, 5.41) is 19.5. The summed E-state index contributed by atoms with van der Waals surface area (Å²) in [6.45, 7) is 6.93. The number of nitrogens with one attached hydrogen (secondary N) is 4. The zero-order valence-electron chi connectivity index (χ0n) is 44.7. The first-order valence-electron chi connectivity index (χ1n) is 25.2. The molecule has 0 radical (unpaired) electrons. The summed E-state index contributed by atoms with van der Waals surface area (Å²) in [4.78, 5) is 145. The van der Waals surface area contributed by atoms with Crippen molar-refractivity contribution in [3.63, 3.8) is 0 Å². The quantitative estimate of drug-likeness (QED) is 0.0168. The van der Waals surface area contributed by atoms with Gasteiger partial charge in [-0.3, -0.25) is 58.7 Å². The number of fused-ring (bicyclic) bond motifs is 2. The Kier molecular flexibility index (Phi) is 18.4. The second kappa shape index (κ2) is 25.5. The average molecular weight is 1120 g/mol. The molecule has 2 aromatic carbocycles. The number of aryl methyl sites for hydroxylation is 4. The van der Waals surface area contributed by atoms with Crippen LogP contribution in [0, 0.1) is 13.8 Å². The number of anilines is 2. The van der Waals surface area contributed by atoms with Crippen LogP contribution >= 0.6 is 0 Å². The number of carbonyl (C=O) groups is 10. The second-order valence-corrected chi connectivity index (χ2v) is 18.1. The summed E-state index contributed by atoms with van der Waals surface area (Å²) in [5.74, 6) is -7.72. The summed E-state index contributed by atoms with van der Waals surface area (Å²) in [7, 11) is 1.39. The van der Waals surface area contributed by atoms with Gasteiger partial charge in [-0.25, -0.2) is 24.7 Å². The van der Waals surface area contributed by atoms with Gasteiger partial charge < -0.3 is 59.4 Å². The number of amides is 8. The molecule has 0 aliphatic carbocycles. The normalized spacial score (nSPS) is 12.9. The summed E-state index contributed by atoms with van der Waals surface area (Å²) in [6.07, 6.45) is 5.20. The molecule has 0 bridgehead atoms. The van der Waals surface area contributed by atoms with E-state index in [-0.39, 0.29) is 107 Å². The van der Waals surface area contributed by atoms with Gasteiger partial charge >= 0.3 is 11.9 Å². The Labute approximate surface area is 459 Å². The lowest BCUT2D eigenvalue weighted by Gasteiger charge is -2.21. The molecule has 0 unspecified atom stereocenters. The Hall–Kier alpha value is -10.2. The van der Waals surface area contributed by atoms with Gasteiger partial charge in [-0.15, -0.1) is 0 Å². The molecule has 29 nitrogen and oxygen atoms in total. The molecule has 2 atom stereocenters. The van der Waals surface area contributed by atoms with Crippen molar-refractivity contribution in [2.24, 2.45) is 11.5 Å². The molecule has 9 N–H and O–H groups in total. The summed E-state index contributed by atoms with van der Waals surface area (Å²) >= 11 is 0. The molecule has 6 aromatic rings. The summed E-state index contributed by atoms with van der Waals surface area (Å²) in [6, 6.07) is 2.88. The Morgan fingerprint density at radius 3 is 1.72 bits per heavy atom. The highest BCUT2D eigenvalue weighted by molar-refractivity contribution is 6.14. The number of carboxylic acid groups (broad SMARTS) is 1. The van der Waals surface area contributed by atoms with Crippen molar-refractivity contribution in [2.75, 3.05) is 37.5 Å². The van der Waals surface area contributed by atoms with Crippen LogP contribution in [-0.2, 0) is 59.4 Å². The van der Waals surface area contributed by atoms with Crippen molar-refractivity contribution in [1.82, 2.24) is 44.6 Å². The van der Waals surface area contributed by atoms with Crippen LogP contribution in [0.4, 0.5) is 11.9 Å². The minimum Gasteiger partial charge on any atom is -0.494 e. The number of methoxy groups -OCH3 is 1. The number of benzene rings is 2. The Morgan fingerprint density at radius 1 is 0.728 bits per heavy atom. The van der Waals surface area contributed by atoms with Crippen LogP contribution in [0.3, 0.4) is 0 Å². The van der Waals surface area contributed by atoms with E-state index in [0.29, 0.717) is 34.6 Å². The molecule has 0 saturated heterocycles. The van der Waals surface area contributed by atoms with Gasteiger partial charge in [0.15, 0.2) is 11.8 Å². The highest BCUT2D eigenvalue weighted by Crippen LogP contribution is 2.33. The molecule has 426 valence electrons. The number of carbonyl (C=O) groups excluding carboxylic acids is 9. The zero-order chi connectivity index (χ0) is 58.8. The van der Waals surface area contributed by atoms with Crippen LogP contribution in [0.1, 0.15) is 105 Å². The van der Waals surface area contributed by atoms with Crippen LogP contribution in [0.5, 0.6) is 11.5 Å². The molecule has 5 heterocycles. The Balaban J connectivity index is 1.12. The molecule has 1 aliphatic rings. The van der Waals surface area contributed by atoms with Gasteiger partial charge in [-0.05, 0) is 50.5 Å². The number of imidazole rings is 2. The van der Waals surface area contributed by atoms with Crippen LogP contribution in [0.15, 0.2) is 57.4 Å². The lowest BCUT2D eigenvalue weighted by atomic mass is 10.1. The second-order valence-electron chi connectivity index (χ2n) is 18.1. The molecule has 4 aromatic heterocycles. The number of rotatable bonds is 27. The molecule has 8 amide bonds. The van der Waals surface area contributed by atoms with E-state index in [1.165, 1.54) is 38.3 Å². The molecule has 29 heteroatoms. The number of nitrogens with zero attached hydrogens (tertiary/aromatic N) is 7. The molecule has 0 saturated carbocycles. The van der Waals surface area contributed by atoms with E-state index < -0.39 is 90.7 Å². The largest absolute Gasteiger partial charge is 0.494 e. The lowest BCUT2D eigenvalue weighted by Crippen LogP contribution is -2.53. The first-order chi connectivity index (χ1) is 38.6. The highest BCUT2D eigenvalue weighted by atomic mass is 16.5. The molecule has 0 spiro atoms. The van der Waals surface area contributed by atoms with E-state index in [1.54, 1.807) is 42.1 Å². The first-order valence-corrected chi connectivity index (χ1v) is 25.2. The number of hydrogen-bond donors (Lipinski definition) is 7. The van der Waals surface area contributed by atoms with Gasteiger partial charge in [0, 0.05) is 63.1 Å². The van der Waals surface area contributed by atoms with E-state index in [0.717, 1.165) is 12.2 Å². The maximum Gasteiger partial charge on any atom is 0.328 e. The van der Waals surface area contributed by atoms with Crippen molar-refractivity contribution in [1.29, 1.82) is 0 Å². The lowest BCUT2D eigenvalue weighted by molar-refractivity contribution is -0.148. The fourth-order valence-corrected chi connectivity index (χ4v) is 8.43. The number of ether oxygens (including phenoxy) is 3. The minimum absolute atomic E-state index is 0.0138. The number of carboxylic acids is 1. The van der Waals surface area contributed by atoms with E-state index in [9.17, 15) is 53.1 Å². The van der Waals surface area contributed by atoms with Gasteiger partial charge in [0.05, 0.1) is 42.7 Å². The number of primary amides is 2. The number of nitrogens with two attached hydrogens (primary N) is 2. The van der Waals surface area contributed by atoms with Gasteiger partial charge in [-0.2, -0.15) is 0 Å². The third-order valence-electron chi connectivity index (χ3n) is 12.3. The maximum absolute atomic E-state index is 13.9. The van der Waals surface area contributed by atoms with Gasteiger partial charge in [0.2, 0.25) is 47.0 Å². The predicted molar refractivity (Wildman–Crippen MR) is 283 cm³/mol. The summed E-state index contributed by atoms with van der Waals surface area (Å²) in [5.41, 5.74) is 13.3. The topological polar surface area (TPSA) is 410 Å². The minimum atomic E-state index is -1.47. The monoisotopic (exact) mass is 1120 g/mol. The van der Waals surface area contributed by atoms with E-state index in [4.69, 9.17) is 34.5 Å². The number of oxazole rings is 2. The van der Waals surface area contributed by atoms with Crippen molar-refractivity contribution in [3.8, 4) is 11.5 Å². The molecular formula is C52H57N13O16. The van der Waals surface area contributed by atoms with Crippen LogP contribution in [-0.4, -0.2) is 137 Å². The fourth-order valence-electron chi connectivity index (χ4n) is 8.43. The van der Waals surface area contributed by atoms with Gasteiger partial charge in [0.1, 0.15) is 41.2 Å². The number of esters is 1. The van der Waals surface area contributed by atoms with E-state index in [1.807, 2.05) is 6.92 Å². The van der Waals surface area contributed by atoms with Gasteiger partial charge in [-0.1, -0.05) is 26.0 Å². The third kappa shape index (κ3) is 13.7. The number of hydrogen-bond acceptors (Lipinski definition) is 19. The molecule has 81 heavy (non-hydrogen) atoms. The van der Waals surface area contributed by atoms with E-state index >= 15 is 0 Å². The standard InChI is InChI=1S/C52H57N13O16/c1-7-30-43(80-26(4)56-30)48(74)61-51-59-33-20-28(45(53)71)22-35(77-6)41(33)63(51)16-9-10-17-64-42-34(60-52(64)62-49(75)44-31(8-2)57-27(5)81-44)21-29(46(54)72)23-36(42)78-18-11-19-79-50(76)25(3)55-47(73)32(12-15-40(69)70)58-37(66)24-65-38(67)13-14-39(65)68/h9-10,13-14,20-23,25,32H,7-8,11-12,15-19,24H2,1-6H3,(H2,53,71)(H2,54,72)(H,55,73)(H,58,66)(H,69,70)(H,59,61,74)(H,60,62,75)/b10-9+/t25-,32-/m0/s1. The third-order valence-corrected chi connectivity index (χ3v) is 12.3. The Bertz CT molecular complexity index is 3550.